The molecule has 0 aliphatic carbocycles. The van der Waals surface area contributed by atoms with Crippen LogP contribution in [0, 0.1) is 6.92 Å². The van der Waals surface area contributed by atoms with Crippen LogP contribution < -0.4 is 5.32 Å². The van der Waals surface area contributed by atoms with Gasteiger partial charge in [0.2, 0.25) is 5.91 Å². The average molecular weight is 488 g/mol. The number of likely N-dealkylation sites (tertiary alicyclic amines) is 1. The van der Waals surface area contributed by atoms with Crippen molar-refractivity contribution in [3.63, 3.8) is 0 Å². The number of aromatic nitrogens is 3. The van der Waals surface area contributed by atoms with E-state index in [1.807, 2.05) is 51.1 Å². The maximum Gasteiger partial charge on any atom is 0.315 e. The summed E-state index contributed by atoms with van der Waals surface area (Å²) >= 11 is 0. The van der Waals surface area contributed by atoms with Gasteiger partial charge in [0.05, 0.1) is 0 Å². The molecule has 8 heteroatoms. The molecule has 0 bridgehead atoms. The van der Waals surface area contributed by atoms with E-state index in [4.69, 9.17) is 4.52 Å². The van der Waals surface area contributed by atoms with Gasteiger partial charge in [-0.15, -0.1) is 0 Å². The topological polar surface area (TPSA) is 101 Å². The van der Waals surface area contributed by atoms with E-state index in [0.717, 1.165) is 48.2 Å². The van der Waals surface area contributed by atoms with Crippen LogP contribution in [0.3, 0.4) is 0 Å². The van der Waals surface area contributed by atoms with Gasteiger partial charge in [0.25, 0.3) is 0 Å². The number of carbonyl (C=O) groups excluding carboxylic acids is 2. The molecule has 1 aromatic carbocycles. The summed E-state index contributed by atoms with van der Waals surface area (Å²) in [5.74, 6) is 0.413. The van der Waals surface area contributed by atoms with Crippen LogP contribution in [0.5, 0.6) is 0 Å². The van der Waals surface area contributed by atoms with E-state index in [9.17, 15) is 9.59 Å². The molecular weight excluding hydrogens is 454 g/mol. The predicted molar refractivity (Wildman–Crippen MR) is 137 cm³/mol. The van der Waals surface area contributed by atoms with Gasteiger partial charge >= 0.3 is 11.8 Å². The summed E-state index contributed by atoms with van der Waals surface area (Å²) in [6.45, 7) is 13.3. The number of hydrogen-bond acceptors (Lipinski definition) is 6. The van der Waals surface area contributed by atoms with E-state index in [1.54, 1.807) is 0 Å². The van der Waals surface area contributed by atoms with Crippen molar-refractivity contribution in [3.05, 3.63) is 77.7 Å². The van der Waals surface area contributed by atoms with Gasteiger partial charge in [-0.1, -0.05) is 50.7 Å². The van der Waals surface area contributed by atoms with Crippen LogP contribution in [-0.2, 0) is 16.8 Å². The normalized spacial score (nSPS) is 14.5. The lowest BCUT2D eigenvalue weighted by Gasteiger charge is -2.32. The average Bonchev–Trinajstić information content (AvgIpc) is 3.39. The largest absolute Gasteiger partial charge is 0.344 e. The smallest absolute Gasteiger partial charge is 0.315 e. The number of hydrogen-bond donors (Lipinski definition) is 1. The number of piperidine rings is 1. The summed E-state index contributed by atoms with van der Waals surface area (Å²) in [6.07, 6.45) is 6.94. The number of benzene rings is 1. The van der Waals surface area contributed by atoms with Gasteiger partial charge in [0.15, 0.2) is 5.82 Å². The molecule has 0 saturated carbocycles. The molecule has 1 saturated heterocycles. The van der Waals surface area contributed by atoms with Crippen molar-refractivity contribution < 1.29 is 14.1 Å². The molecule has 2 amide bonds. The summed E-state index contributed by atoms with van der Waals surface area (Å²) in [5, 5.41) is 6.79. The number of carbonyl (C=O) groups is 2. The number of pyridine rings is 1. The molecular formula is C28H33N5O3. The summed E-state index contributed by atoms with van der Waals surface area (Å²) in [4.78, 5) is 34.9. The van der Waals surface area contributed by atoms with E-state index >= 15 is 0 Å². The molecule has 0 spiro atoms. The minimum absolute atomic E-state index is 0.00750. The molecule has 0 unspecified atom stereocenters. The molecule has 36 heavy (non-hydrogen) atoms. The molecule has 3 heterocycles. The minimum atomic E-state index is -0.390. The van der Waals surface area contributed by atoms with Gasteiger partial charge in [0, 0.05) is 37.4 Å². The predicted octanol–water partition coefficient (Wildman–Crippen LogP) is 4.56. The highest BCUT2D eigenvalue weighted by atomic mass is 16.5. The fourth-order valence-electron chi connectivity index (χ4n) is 4.47. The highest BCUT2D eigenvalue weighted by molar-refractivity contribution is 5.89. The standard InChI is InChI=1S/C28H33N5O3/c1-6-24(34)33-13-10-19(11-14-33)23-17-29-12-9-22(23)20-7-8-21(18(2)15-20)16-30-25(35)26-31-27(32-36-26)28(3,4)5/h6-9,12,15,17,19H,1,10-11,13-14,16H2,2-5H3,(H,30,35). The van der Waals surface area contributed by atoms with Gasteiger partial charge in [-0.25, -0.2) is 0 Å². The Balaban J connectivity index is 1.45. The Bertz CT molecular complexity index is 1270. The first kappa shape index (κ1) is 25.3. The molecule has 1 N–H and O–H groups in total. The van der Waals surface area contributed by atoms with Crippen LogP contribution in [0.4, 0.5) is 0 Å². The number of aryl methyl sites for hydroxylation is 1. The van der Waals surface area contributed by atoms with E-state index in [0.29, 0.717) is 18.3 Å². The first-order chi connectivity index (χ1) is 17.2. The molecule has 188 valence electrons. The van der Waals surface area contributed by atoms with Crippen molar-refractivity contribution in [2.24, 2.45) is 0 Å². The van der Waals surface area contributed by atoms with Crippen LogP contribution in [0.15, 0.2) is 53.8 Å². The Morgan fingerprint density at radius 2 is 1.97 bits per heavy atom. The summed E-state index contributed by atoms with van der Waals surface area (Å²) < 4.78 is 5.14. The second-order valence-corrected chi connectivity index (χ2v) is 10.3. The number of amides is 2. The molecule has 0 atom stereocenters. The molecule has 1 aliphatic heterocycles. The monoisotopic (exact) mass is 487 g/mol. The van der Waals surface area contributed by atoms with Gasteiger partial charge in [0.1, 0.15) is 0 Å². The zero-order chi connectivity index (χ0) is 25.9. The van der Waals surface area contributed by atoms with E-state index in [-0.39, 0.29) is 23.1 Å². The van der Waals surface area contributed by atoms with E-state index in [2.05, 4.69) is 45.2 Å². The fraction of sp³-hybridized carbons (Fsp3) is 0.393. The quantitative estimate of drug-likeness (QED) is 0.512. The Morgan fingerprint density at radius 3 is 2.61 bits per heavy atom. The third-order valence-corrected chi connectivity index (χ3v) is 6.66. The SMILES string of the molecule is C=CC(=O)N1CCC(c2cnccc2-c2ccc(CNC(=O)c3nc(C(C)(C)C)no3)c(C)c2)CC1. The van der Waals surface area contributed by atoms with Gasteiger partial charge in [-0.05, 0) is 65.6 Å². The van der Waals surface area contributed by atoms with Crippen molar-refractivity contribution in [1.29, 1.82) is 0 Å². The third-order valence-electron chi connectivity index (χ3n) is 6.66. The molecule has 2 aromatic heterocycles. The third kappa shape index (κ3) is 5.53. The van der Waals surface area contributed by atoms with Crippen LogP contribution in [0.2, 0.25) is 0 Å². The van der Waals surface area contributed by atoms with Crippen molar-refractivity contribution >= 4 is 11.8 Å². The highest BCUT2D eigenvalue weighted by Gasteiger charge is 2.25. The van der Waals surface area contributed by atoms with Gasteiger partial charge in [-0.2, -0.15) is 4.98 Å². The Labute approximate surface area is 211 Å². The van der Waals surface area contributed by atoms with Crippen LogP contribution in [0.25, 0.3) is 11.1 Å². The first-order valence-corrected chi connectivity index (χ1v) is 12.2. The van der Waals surface area contributed by atoms with Crippen LogP contribution >= 0.6 is 0 Å². The molecule has 0 radical (unpaired) electrons. The Kier molecular flexibility index (Phi) is 7.33. The number of rotatable bonds is 6. The van der Waals surface area contributed by atoms with Crippen LogP contribution in [-0.4, -0.2) is 44.9 Å². The zero-order valence-corrected chi connectivity index (χ0v) is 21.4. The first-order valence-electron chi connectivity index (χ1n) is 12.2. The summed E-state index contributed by atoms with van der Waals surface area (Å²) in [5.41, 5.74) is 5.25. The fourth-order valence-corrected chi connectivity index (χ4v) is 4.47. The molecule has 8 nitrogen and oxygen atoms in total. The molecule has 1 aliphatic rings. The van der Waals surface area contributed by atoms with Gasteiger partial charge in [-0.3, -0.25) is 14.6 Å². The van der Waals surface area contributed by atoms with Crippen molar-refractivity contribution in [2.45, 2.75) is 58.4 Å². The minimum Gasteiger partial charge on any atom is -0.344 e. The lowest BCUT2D eigenvalue weighted by molar-refractivity contribution is -0.127. The second-order valence-electron chi connectivity index (χ2n) is 10.3. The highest BCUT2D eigenvalue weighted by Crippen LogP contribution is 2.35. The maximum absolute atomic E-state index is 12.5. The summed E-state index contributed by atoms with van der Waals surface area (Å²) in [7, 11) is 0. The Morgan fingerprint density at radius 1 is 1.22 bits per heavy atom. The molecule has 3 aromatic rings. The summed E-state index contributed by atoms with van der Waals surface area (Å²) in [6, 6.07) is 8.30. The van der Waals surface area contributed by atoms with Crippen LogP contribution in [0.1, 0.15) is 72.7 Å². The molecule has 1 fully saturated rings. The molecule has 4 rings (SSSR count). The number of nitrogens with one attached hydrogen (secondary N) is 1. The lowest BCUT2D eigenvalue weighted by atomic mass is 9.85. The van der Waals surface area contributed by atoms with E-state index < -0.39 is 0 Å². The lowest BCUT2D eigenvalue weighted by Crippen LogP contribution is -2.36. The van der Waals surface area contributed by atoms with Crippen molar-refractivity contribution in [3.8, 4) is 11.1 Å². The van der Waals surface area contributed by atoms with E-state index in [1.165, 1.54) is 11.6 Å². The van der Waals surface area contributed by atoms with Gasteiger partial charge < -0.3 is 14.7 Å². The van der Waals surface area contributed by atoms with Crippen molar-refractivity contribution in [2.75, 3.05) is 13.1 Å². The maximum atomic E-state index is 12.5. The Hall–Kier alpha value is -3.81. The number of nitrogens with zero attached hydrogens (tertiary/aromatic N) is 4. The van der Waals surface area contributed by atoms with Crippen molar-refractivity contribution in [1.82, 2.24) is 25.3 Å². The second kappa shape index (κ2) is 10.4. The zero-order valence-electron chi connectivity index (χ0n) is 21.4.